The van der Waals surface area contributed by atoms with E-state index in [1.807, 2.05) is 7.05 Å². The van der Waals surface area contributed by atoms with Gasteiger partial charge in [0.1, 0.15) is 0 Å². The van der Waals surface area contributed by atoms with E-state index in [0.717, 1.165) is 38.6 Å². The predicted molar refractivity (Wildman–Crippen MR) is 80.7 cm³/mol. The highest BCUT2D eigenvalue weighted by Crippen LogP contribution is 2.18. The van der Waals surface area contributed by atoms with E-state index in [9.17, 15) is 0 Å². The summed E-state index contributed by atoms with van der Waals surface area (Å²) < 4.78 is 5.04. The summed E-state index contributed by atoms with van der Waals surface area (Å²) in [6, 6.07) is 1.10. The third-order valence-corrected chi connectivity index (χ3v) is 3.73. The number of methoxy groups -OCH3 is 1. The quantitative estimate of drug-likeness (QED) is 0.428. The van der Waals surface area contributed by atoms with Gasteiger partial charge in [-0.2, -0.15) is 0 Å². The molecule has 0 spiro atoms. The van der Waals surface area contributed by atoms with Crippen LogP contribution in [0.2, 0.25) is 0 Å². The van der Waals surface area contributed by atoms with E-state index in [4.69, 9.17) is 4.74 Å². The Morgan fingerprint density at radius 3 is 2.68 bits per heavy atom. The first kappa shape index (κ1) is 16.2. The first-order valence-corrected chi connectivity index (χ1v) is 7.28. The molecule has 0 aliphatic carbocycles. The zero-order valence-electron chi connectivity index (χ0n) is 13.1. The number of hydrogen-bond acceptors (Lipinski definition) is 3. The SMILES string of the molecule is CN=C(NCCCOC)NC1CN(C(C)C)CC1C. The molecule has 2 N–H and O–H groups in total. The molecule has 2 atom stereocenters. The van der Waals surface area contributed by atoms with E-state index in [0.29, 0.717) is 18.0 Å². The van der Waals surface area contributed by atoms with Gasteiger partial charge in [-0.3, -0.25) is 9.89 Å². The number of rotatable bonds is 6. The Kier molecular flexibility index (Phi) is 7.16. The maximum absolute atomic E-state index is 5.04. The molecule has 1 aliphatic rings. The van der Waals surface area contributed by atoms with Gasteiger partial charge in [-0.25, -0.2) is 0 Å². The lowest BCUT2D eigenvalue weighted by Crippen LogP contribution is -2.47. The Balaban J connectivity index is 2.35. The summed E-state index contributed by atoms with van der Waals surface area (Å²) in [5.74, 6) is 1.55. The molecule has 2 unspecified atom stereocenters. The van der Waals surface area contributed by atoms with Gasteiger partial charge in [-0.15, -0.1) is 0 Å². The minimum Gasteiger partial charge on any atom is -0.385 e. The number of nitrogens with one attached hydrogen (secondary N) is 2. The molecule has 1 saturated heterocycles. The fourth-order valence-corrected chi connectivity index (χ4v) is 2.41. The topological polar surface area (TPSA) is 48.9 Å². The van der Waals surface area contributed by atoms with Crippen molar-refractivity contribution in [3.05, 3.63) is 0 Å². The monoisotopic (exact) mass is 270 g/mol. The highest BCUT2D eigenvalue weighted by molar-refractivity contribution is 5.80. The van der Waals surface area contributed by atoms with Gasteiger partial charge in [0.15, 0.2) is 5.96 Å². The van der Waals surface area contributed by atoms with Gasteiger partial charge < -0.3 is 15.4 Å². The molecule has 1 heterocycles. The second kappa shape index (κ2) is 8.38. The molecule has 1 fully saturated rings. The minimum absolute atomic E-state index is 0.482. The average molecular weight is 270 g/mol. The zero-order valence-corrected chi connectivity index (χ0v) is 13.1. The number of nitrogens with zero attached hydrogens (tertiary/aromatic N) is 2. The van der Waals surface area contributed by atoms with Crippen molar-refractivity contribution in [2.45, 2.75) is 39.3 Å². The first-order valence-electron chi connectivity index (χ1n) is 7.28. The van der Waals surface area contributed by atoms with Gasteiger partial charge in [-0.1, -0.05) is 6.92 Å². The normalized spacial score (nSPS) is 25.1. The Labute approximate surface area is 117 Å². The van der Waals surface area contributed by atoms with Crippen molar-refractivity contribution < 1.29 is 4.74 Å². The maximum Gasteiger partial charge on any atom is 0.191 e. The van der Waals surface area contributed by atoms with E-state index >= 15 is 0 Å². The molecule has 0 saturated carbocycles. The van der Waals surface area contributed by atoms with Crippen LogP contribution in [0.4, 0.5) is 0 Å². The van der Waals surface area contributed by atoms with Gasteiger partial charge in [-0.05, 0) is 26.2 Å². The summed E-state index contributed by atoms with van der Waals surface area (Å²) in [7, 11) is 3.55. The number of likely N-dealkylation sites (tertiary alicyclic amines) is 1. The maximum atomic E-state index is 5.04. The smallest absolute Gasteiger partial charge is 0.191 e. The van der Waals surface area contributed by atoms with Gasteiger partial charge in [0.2, 0.25) is 0 Å². The number of hydrogen-bond donors (Lipinski definition) is 2. The van der Waals surface area contributed by atoms with E-state index < -0.39 is 0 Å². The largest absolute Gasteiger partial charge is 0.385 e. The van der Waals surface area contributed by atoms with Crippen LogP contribution in [0.1, 0.15) is 27.2 Å². The minimum atomic E-state index is 0.482. The Morgan fingerprint density at radius 2 is 2.16 bits per heavy atom. The van der Waals surface area contributed by atoms with Crippen LogP contribution >= 0.6 is 0 Å². The van der Waals surface area contributed by atoms with Gasteiger partial charge in [0, 0.05) is 52.5 Å². The number of aliphatic imine (C=N–C) groups is 1. The highest BCUT2D eigenvalue weighted by atomic mass is 16.5. The van der Waals surface area contributed by atoms with Crippen LogP contribution in [0, 0.1) is 5.92 Å². The average Bonchev–Trinajstić information content (AvgIpc) is 2.75. The van der Waals surface area contributed by atoms with E-state index in [-0.39, 0.29) is 0 Å². The van der Waals surface area contributed by atoms with Crippen LogP contribution in [0.5, 0.6) is 0 Å². The molecule has 5 heteroatoms. The third-order valence-electron chi connectivity index (χ3n) is 3.73. The molecule has 0 radical (unpaired) electrons. The zero-order chi connectivity index (χ0) is 14.3. The Morgan fingerprint density at radius 1 is 1.42 bits per heavy atom. The Hall–Kier alpha value is -0.810. The molecule has 0 aromatic carbocycles. The molecule has 112 valence electrons. The van der Waals surface area contributed by atoms with E-state index in [2.05, 4.69) is 41.3 Å². The Bertz CT molecular complexity index is 281. The van der Waals surface area contributed by atoms with Crippen molar-refractivity contribution in [3.63, 3.8) is 0 Å². The lowest BCUT2D eigenvalue weighted by Gasteiger charge is -2.21. The second-order valence-electron chi connectivity index (χ2n) is 5.62. The molecule has 1 aliphatic heterocycles. The molecule has 0 aromatic rings. The van der Waals surface area contributed by atoms with Gasteiger partial charge in [0.05, 0.1) is 0 Å². The van der Waals surface area contributed by atoms with Crippen LogP contribution in [-0.4, -0.2) is 63.3 Å². The molecule has 19 heavy (non-hydrogen) atoms. The summed E-state index contributed by atoms with van der Waals surface area (Å²) in [4.78, 5) is 6.80. The van der Waals surface area contributed by atoms with Gasteiger partial charge >= 0.3 is 0 Å². The van der Waals surface area contributed by atoms with Gasteiger partial charge in [0.25, 0.3) is 0 Å². The summed E-state index contributed by atoms with van der Waals surface area (Å²) in [5, 5.41) is 6.87. The van der Waals surface area contributed by atoms with Crippen LogP contribution in [0.25, 0.3) is 0 Å². The fraction of sp³-hybridized carbons (Fsp3) is 0.929. The summed E-state index contributed by atoms with van der Waals surface area (Å²) in [6.45, 7) is 10.7. The number of guanidine groups is 1. The molecule has 0 amide bonds. The summed E-state index contributed by atoms with van der Waals surface area (Å²) >= 11 is 0. The first-order chi connectivity index (χ1) is 9.08. The van der Waals surface area contributed by atoms with Crippen LogP contribution in [0.15, 0.2) is 4.99 Å². The standard InChI is InChI=1S/C14H30N4O/c1-11(2)18-9-12(3)13(10-18)17-14(15-4)16-7-6-8-19-5/h11-13H,6-10H2,1-5H3,(H2,15,16,17). The summed E-state index contributed by atoms with van der Waals surface area (Å²) in [6.07, 6.45) is 0.996. The van der Waals surface area contributed by atoms with Crippen LogP contribution in [0.3, 0.4) is 0 Å². The lowest BCUT2D eigenvalue weighted by atomic mass is 10.1. The second-order valence-corrected chi connectivity index (χ2v) is 5.62. The highest BCUT2D eigenvalue weighted by Gasteiger charge is 2.31. The van der Waals surface area contributed by atoms with Crippen molar-refractivity contribution in [2.24, 2.45) is 10.9 Å². The van der Waals surface area contributed by atoms with Crippen LogP contribution in [-0.2, 0) is 4.74 Å². The molecule has 1 rings (SSSR count). The molecule has 0 aromatic heterocycles. The van der Waals surface area contributed by atoms with Crippen molar-refractivity contribution in [2.75, 3.05) is 40.4 Å². The van der Waals surface area contributed by atoms with E-state index in [1.165, 1.54) is 0 Å². The fourth-order valence-electron chi connectivity index (χ4n) is 2.41. The van der Waals surface area contributed by atoms with Crippen molar-refractivity contribution in [1.82, 2.24) is 15.5 Å². The lowest BCUT2D eigenvalue weighted by molar-refractivity contribution is 0.195. The third kappa shape index (κ3) is 5.37. The van der Waals surface area contributed by atoms with Crippen LogP contribution < -0.4 is 10.6 Å². The molecule has 5 nitrogen and oxygen atoms in total. The molecular weight excluding hydrogens is 240 g/mol. The van der Waals surface area contributed by atoms with Crippen molar-refractivity contribution >= 4 is 5.96 Å². The predicted octanol–water partition coefficient (Wildman–Crippen LogP) is 0.917. The van der Waals surface area contributed by atoms with E-state index in [1.54, 1.807) is 7.11 Å². The van der Waals surface area contributed by atoms with Crippen molar-refractivity contribution in [3.8, 4) is 0 Å². The van der Waals surface area contributed by atoms with Crippen molar-refractivity contribution in [1.29, 1.82) is 0 Å². The molecular formula is C14H30N4O. The summed E-state index contributed by atoms with van der Waals surface area (Å²) in [5.41, 5.74) is 0. The number of ether oxygens (including phenoxy) is 1. The molecule has 0 bridgehead atoms.